The number of benzene rings is 2. The first kappa shape index (κ1) is 22.1. The number of esters is 1. The van der Waals surface area contributed by atoms with Gasteiger partial charge in [-0.2, -0.15) is 0 Å². The first-order valence-corrected chi connectivity index (χ1v) is 11.1. The number of quaternary nitrogens is 1. The third-order valence-electron chi connectivity index (χ3n) is 6.64. The molecule has 6 heteroatoms. The average molecular weight is 433 g/mol. The minimum atomic E-state index is -1.84. The van der Waals surface area contributed by atoms with Crippen LogP contribution in [0.25, 0.3) is 0 Å². The molecule has 1 aliphatic heterocycles. The van der Waals surface area contributed by atoms with Crippen LogP contribution in [-0.4, -0.2) is 58.3 Å². The fourth-order valence-electron chi connectivity index (χ4n) is 4.59. The second-order valence-electron chi connectivity index (χ2n) is 8.68. The van der Waals surface area contributed by atoms with E-state index >= 15 is 0 Å². The summed E-state index contributed by atoms with van der Waals surface area (Å²) in [7, 11) is 2.20. The summed E-state index contributed by atoms with van der Waals surface area (Å²) in [6.45, 7) is 2.18. The topological polar surface area (TPSA) is 72.3 Å². The van der Waals surface area contributed by atoms with Gasteiger partial charge in [0, 0.05) is 25.2 Å². The van der Waals surface area contributed by atoms with Crippen LogP contribution in [0.4, 0.5) is 0 Å². The molecule has 0 radical (unpaired) electrons. The lowest BCUT2D eigenvalue weighted by atomic mass is 9.86. The second-order valence-corrected chi connectivity index (χ2v) is 8.68. The molecule has 3 aromatic rings. The van der Waals surface area contributed by atoms with Gasteiger partial charge >= 0.3 is 5.97 Å². The summed E-state index contributed by atoms with van der Waals surface area (Å²) in [6, 6.07) is 20.0. The Labute approximate surface area is 189 Å². The first-order valence-electron chi connectivity index (χ1n) is 11.1. The molecular formula is C26H30N3O3+. The van der Waals surface area contributed by atoms with Crippen molar-refractivity contribution in [2.24, 2.45) is 0 Å². The number of rotatable bonds is 8. The second kappa shape index (κ2) is 9.59. The maximum atomic E-state index is 13.3. The van der Waals surface area contributed by atoms with Crippen molar-refractivity contribution in [3.8, 4) is 0 Å². The molecule has 1 aliphatic rings. The Balaban J connectivity index is 1.48. The van der Waals surface area contributed by atoms with Crippen LogP contribution in [0.1, 0.15) is 29.8 Å². The van der Waals surface area contributed by atoms with E-state index in [1.807, 2.05) is 42.5 Å². The highest BCUT2D eigenvalue weighted by Gasteiger charge is 2.44. The Kier molecular flexibility index (Phi) is 6.63. The van der Waals surface area contributed by atoms with Crippen LogP contribution < -0.4 is 0 Å². The molecule has 6 nitrogen and oxygen atoms in total. The van der Waals surface area contributed by atoms with Crippen molar-refractivity contribution in [1.82, 2.24) is 9.97 Å². The van der Waals surface area contributed by atoms with Gasteiger partial charge in [0.1, 0.15) is 18.5 Å². The van der Waals surface area contributed by atoms with E-state index in [0.717, 1.165) is 42.7 Å². The summed E-state index contributed by atoms with van der Waals surface area (Å²) in [5.41, 5.74) is -0.843. The summed E-state index contributed by atoms with van der Waals surface area (Å²) >= 11 is 0. The maximum absolute atomic E-state index is 13.3. The predicted octanol–water partition coefficient (Wildman–Crippen LogP) is 3.11. The van der Waals surface area contributed by atoms with Crippen LogP contribution in [0.5, 0.6) is 0 Å². The number of nitrogens with zero attached hydrogens (tertiary/aromatic N) is 3. The highest BCUT2D eigenvalue weighted by molar-refractivity contribution is 5.85. The zero-order valence-corrected chi connectivity index (χ0v) is 18.4. The standard InChI is InChI=1S/C26H30N3O3/c1-29(19-15-24-27-16-9-17-28-24)18-8-14-23(29)20-32-25(30)26(31,21-10-4-2-5-11-21)22-12-6-3-7-13-22/h2-7,9-13,16-17,23,31H,8,14-15,18-20H2,1H3/q+1/t23?,29-/m1/s1. The largest absolute Gasteiger partial charge is 0.457 e. The highest BCUT2D eigenvalue weighted by atomic mass is 16.6. The van der Waals surface area contributed by atoms with Crippen molar-refractivity contribution >= 4 is 5.97 Å². The molecule has 0 aliphatic carbocycles. The Morgan fingerprint density at radius 3 is 2.22 bits per heavy atom. The van der Waals surface area contributed by atoms with Crippen LogP contribution in [0.2, 0.25) is 0 Å². The fraction of sp³-hybridized carbons (Fsp3) is 0.346. The lowest BCUT2D eigenvalue weighted by Gasteiger charge is -2.36. The smallest absolute Gasteiger partial charge is 0.347 e. The molecule has 0 amide bonds. The van der Waals surface area contributed by atoms with Crippen LogP contribution in [0.3, 0.4) is 0 Å². The predicted molar refractivity (Wildman–Crippen MR) is 122 cm³/mol. The van der Waals surface area contributed by atoms with Gasteiger partial charge in [0.15, 0.2) is 0 Å². The Morgan fingerprint density at radius 2 is 1.62 bits per heavy atom. The molecule has 32 heavy (non-hydrogen) atoms. The van der Waals surface area contributed by atoms with Crippen molar-refractivity contribution in [1.29, 1.82) is 0 Å². The number of carbonyl (C=O) groups excluding carboxylic acids is 1. The van der Waals surface area contributed by atoms with Gasteiger partial charge in [-0.05, 0) is 17.2 Å². The molecule has 166 valence electrons. The highest BCUT2D eigenvalue weighted by Crippen LogP contribution is 2.32. The molecule has 4 rings (SSSR count). The van der Waals surface area contributed by atoms with Gasteiger partial charge in [0.25, 0.3) is 0 Å². The van der Waals surface area contributed by atoms with Crippen LogP contribution in [-0.2, 0) is 21.6 Å². The summed E-state index contributed by atoms with van der Waals surface area (Å²) in [5.74, 6) is 0.191. The van der Waals surface area contributed by atoms with Gasteiger partial charge in [-0.1, -0.05) is 60.7 Å². The Morgan fingerprint density at radius 1 is 1.03 bits per heavy atom. The van der Waals surface area contributed by atoms with E-state index in [-0.39, 0.29) is 12.6 Å². The third-order valence-corrected chi connectivity index (χ3v) is 6.64. The maximum Gasteiger partial charge on any atom is 0.347 e. The molecule has 2 atom stereocenters. The molecule has 0 bridgehead atoms. The van der Waals surface area contributed by atoms with Gasteiger partial charge < -0.3 is 14.3 Å². The normalized spacial score (nSPS) is 20.8. The molecule has 0 saturated carbocycles. The molecule has 1 unspecified atom stereocenters. The number of aliphatic hydroxyl groups is 1. The molecule has 1 fully saturated rings. The van der Waals surface area contributed by atoms with Gasteiger partial charge in [-0.3, -0.25) is 0 Å². The van der Waals surface area contributed by atoms with Crippen molar-refractivity contribution in [3.63, 3.8) is 0 Å². The minimum Gasteiger partial charge on any atom is -0.457 e. The number of hydrogen-bond acceptors (Lipinski definition) is 5. The number of carbonyl (C=O) groups is 1. The molecular weight excluding hydrogens is 402 g/mol. The molecule has 2 aromatic carbocycles. The number of hydrogen-bond donors (Lipinski definition) is 1. The molecule has 1 aromatic heterocycles. The zero-order valence-electron chi connectivity index (χ0n) is 18.4. The number of aromatic nitrogens is 2. The Bertz CT molecular complexity index is 975. The number of likely N-dealkylation sites (N-methyl/N-ethyl adjacent to an activating group) is 1. The minimum absolute atomic E-state index is 0.179. The number of likely N-dealkylation sites (tertiary alicyclic amines) is 1. The van der Waals surface area contributed by atoms with E-state index in [1.54, 1.807) is 36.7 Å². The molecule has 2 heterocycles. The van der Waals surface area contributed by atoms with E-state index in [0.29, 0.717) is 11.1 Å². The lowest BCUT2D eigenvalue weighted by molar-refractivity contribution is -0.921. The first-order chi connectivity index (χ1) is 15.5. The quantitative estimate of drug-likeness (QED) is 0.437. The molecule has 1 saturated heterocycles. The SMILES string of the molecule is C[N@+]1(CCc2ncccn2)CCCC1COC(=O)C(O)(c1ccccc1)c1ccccc1. The Hall–Kier alpha value is -3.09. The van der Waals surface area contributed by atoms with Crippen molar-refractivity contribution in [2.75, 3.05) is 26.7 Å². The summed E-state index contributed by atoms with van der Waals surface area (Å²) in [6.07, 6.45) is 6.36. The van der Waals surface area contributed by atoms with Crippen molar-refractivity contribution in [3.05, 3.63) is 96.1 Å². The van der Waals surface area contributed by atoms with E-state index in [2.05, 4.69) is 17.0 Å². The zero-order chi connectivity index (χ0) is 22.4. The van der Waals surface area contributed by atoms with Gasteiger partial charge in [-0.15, -0.1) is 0 Å². The van der Waals surface area contributed by atoms with Crippen molar-refractivity contribution in [2.45, 2.75) is 30.9 Å². The van der Waals surface area contributed by atoms with Crippen molar-refractivity contribution < 1.29 is 19.1 Å². The fourth-order valence-corrected chi connectivity index (χ4v) is 4.59. The molecule has 0 spiro atoms. The monoisotopic (exact) mass is 432 g/mol. The molecule has 1 N–H and O–H groups in total. The summed E-state index contributed by atoms with van der Waals surface area (Å²) in [5, 5.41) is 11.6. The lowest BCUT2D eigenvalue weighted by Crippen LogP contribution is -2.52. The van der Waals surface area contributed by atoms with E-state index < -0.39 is 11.6 Å². The summed E-state index contributed by atoms with van der Waals surface area (Å²) in [4.78, 5) is 22.0. The van der Waals surface area contributed by atoms with Gasteiger partial charge in [0.2, 0.25) is 5.60 Å². The van der Waals surface area contributed by atoms with Gasteiger partial charge in [0.05, 0.1) is 26.6 Å². The number of ether oxygens (including phenoxy) is 1. The third kappa shape index (κ3) is 4.56. The summed E-state index contributed by atoms with van der Waals surface area (Å²) < 4.78 is 6.62. The van der Waals surface area contributed by atoms with Crippen LogP contribution in [0.15, 0.2) is 79.1 Å². The van der Waals surface area contributed by atoms with Gasteiger partial charge in [-0.25, -0.2) is 14.8 Å². The average Bonchev–Trinajstić information content (AvgIpc) is 3.23. The van der Waals surface area contributed by atoms with E-state index in [4.69, 9.17) is 4.74 Å². The van der Waals surface area contributed by atoms with E-state index in [1.165, 1.54) is 0 Å². The van der Waals surface area contributed by atoms with Crippen LogP contribution in [0, 0.1) is 0 Å². The van der Waals surface area contributed by atoms with Crippen LogP contribution >= 0.6 is 0 Å². The van der Waals surface area contributed by atoms with E-state index in [9.17, 15) is 9.90 Å².